The summed E-state index contributed by atoms with van der Waals surface area (Å²) in [6.07, 6.45) is 3.23. The molecule has 0 bridgehead atoms. The zero-order valence-electron chi connectivity index (χ0n) is 5.55. The molecule has 0 aliphatic heterocycles. The van der Waals surface area contributed by atoms with E-state index in [0.717, 1.165) is 19.1 Å². The molecule has 0 aromatic heterocycles. The molecule has 0 spiro atoms. The van der Waals surface area contributed by atoms with Crippen LogP contribution in [-0.2, 0) is 4.79 Å². The third-order valence-electron chi connectivity index (χ3n) is 1.20. The van der Waals surface area contributed by atoms with Gasteiger partial charge in [0.1, 0.15) is 6.29 Å². The van der Waals surface area contributed by atoms with E-state index in [1.54, 1.807) is 0 Å². The van der Waals surface area contributed by atoms with Crippen molar-refractivity contribution in [2.75, 3.05) is 6.54 Å². The molecule has 0 aromatic rings. The smallest absolute Gasteiger partial charge is 0.119 e. The molecule has 3 heteroatoms. The van der Waals surface area contributed by atoms with E-state index in [4.69, 9.17) is 11.5 Å². The van der Waals surface area contributed by atoms with Gasteiger partial charge in [0.05, 0.1) is 0 Å². The molecule has 0 heterocycles. The molecule has 0 radical (unpaired) electrons. The average molecular weight is 130 g/mol. The van der Waals surface area contributed by atoms with E-state index >= 15 is 0 Å². The largest absolute Gasteiger partial charge is 0.329 e. The topological polar surface area (TPSA) is 69.1 Å². The number of rotatable bonds is 5. The number of hydrogen-bond donors (Lipinski definition) is 2. The first-order chi connectivity index (χ1) is 4.31. The van der Waals surface area contributed by atoms with Gasteiger partial charge in [0.2, 0.25) is 0 Å². The molecule has 0 saturated heterocycles. The molecule has 9 heavy (non-hydrogen) atoms. The zero-order valence-corrected chi connectivity index (χ0v) is 5.55. The van der Waals surface area contributed by atoms with E-state index in [0.29, 0.717) is 13.0 Å². The molecule has 0 aliphatic rings. The van der Waals surface area contributed by atoms with E-state index in [1.165, 1.54) is 0 Å². The van der Waals surface area contributed by atoms with Crippen molar-refractivity contribution in [3.63, 3.8) is 0 Å². The first kappa shape index (κ1) is 8.59. The van der Waals surface area contributed by atoms with Crippen LogP contribution in [0.15, 0.2) is 0 Å². The third-order valence-corrected chi connectivity index (χ3v) is 1.20. The minimum atomic E-state index is 0.0740. The summed E-state index contributed by atoms with van der Waals surface area (Å²) in [5.74, 6) is 0. The third kappa shape index (κ3) is 5.46. The Morgan fingerprint density at radius 3 is 2.67 bits per heavy atom. The van der Waals surface area contributed by atoms with Gasteiger partial charge in [-0.3, -0.25) is 0 Å². The fourth-order valence-electron chi connectivity index (χ4n) is 0.581. The van der Waals surface area contributed by atoms with E-state index in [1.807, 2.05) is 0 Å². The summed E-state index contributed by atoms with van der Waals surface area (Å²) in [4.78, 5) is 9.80. The molecule has 0 aromatic carbocycles. The van der Waals surface area contributed by atoms with Crippen molar-refractivity contribution in [1.29, 1.82) is 0 Å². The Bertz CT molecular complexity index is 75.5. The summed E-state index contributed by atoms with van der Waals surface area (Å²) in [6.45, 7) is 0.513. The quantitative estimate of drug-likeness (QED) is 0.394. The number of unbranched alkanes of at least 4 members (excludes halogenated alkanes) is 1. The highest BCUT2D eigenvalue weighted by Gasteiger charge is 1.96. The maximum absolute atomic E-state index is 9.80. The second-order valence-corrected chi connectivity index (χ2v) is 2.09. The molecule has 0 fully saturated rings. The van der Waals surface area contributed by atoms with Gasteiger partial charge in [0.15, 0.2) is 0 Å². The molecule has 3 nitrogen and oxygen atoms in total. The van der Waals surface area contributed by atoms with Crippen LogP contribution >= 0.6 is 0 Å². The van der Waals surface area contributed by atoms with Crippen LogP contribution in [0.3, 0.4) is 0 Å². The highest BCUT2D eigenvalue weighted by atomic mass is 16.1. The fraction of sp³-hybridized carbons (Fsp3) is 0.833. The standard InChI is InChI=1S/C6H14N2O/c7-5-6(8)3-1-2-4-9/h4,6H,1-3,5,7-8H2. The number of carbonyl (C=O) groups is 1. The van der Waals surface area contributed by atoms with E-state index in [9.17, 15) is 4.79 Å². The molecule has 0 aliphatic carbocycles. The molecular formula is C6H14N2O. The van der Waals surface area contributed by atoms with Crippen LogP contribution in [0.2, 0.25) is 0 Å². The van der Waals surface area contributed by atoms with Crippen molar-refractivity contribution in [1.82, 2.24) is 0 Å². The van der Waals surface area contributed by atoms with Crippen LogP contribution in [0, 0.1) is 0 Å². The lowest BCUT2D eigenvalue weighted by molar-refractivity contribution is -0.107. The fourth-order valence-corrected chi connectivity index (χ4v) is 0.581. The lowest BCUT2D eigenvalue weighted by Gasteiger charge is -2.04. The second-order valence-electron chi connectivity index (χ2n) is 2.09. The molecular weight excluding hydrogens is 116 g/mol. The Kier molecular flexibility index (Phi) is 5.46. The monoisotopic (exact) mass is 130 g/mol. The number of nitrogens with two attached hydrogens (primary N) is 2. The van der Waals surface area contributed by atoms with Crippen LogP contribution in [0.4, 0.5) is 0 Å². The maximum Gasteiger partial charge on any atom is 0.119 e. The van der Waals surface area contributed by atoms with Crippen molar-refractivity contribution in [2.24, 2.45) is 11.5 Å². The van der Waals surface area contributed by atoms with Gasteiger partial charge in [-0.05, 0) is 12.8 Å². The predicted octanol–water partition coefficient (Wildman–Crippen LogP) is -0.358. The molecule has 0 saturated carbocycles. The highest BCUT2D eigenvalue weighted by Crippen LogP contribution is 1.94. The Balaban J connectivity index is 2.96. The van der Waals surface area contributed by atoms with E-state index in [2.05, 4.69) is 0 Å². The molecule has 54 valence electrons. The van der Waals surface area contributed by atoms with Gasteiger partial charge in [-0.15, -0.1) is 0 Å². The van der Waals surface area contributed by atoms with Gasteiger partial charge in [0, 0.05) is 19.0 Å². The van der Waals surface area contributed by atoms with Gasteiger partial charge in [-0.25, -0.2) is 0 Å². The SMILES string of the molecule is NCC(N)CCCC=O. The summed E-state index contributed by atoms with van der Waals surface area (Å²) in [7, 11) is 0. The molecule has 1 atom stereocenters. The van der Waals surface area contributed by atoms with Crippen molar-refractivity contribution in [3.8, 4) is 0 Å². The van der Waals surface area contributed by atoms with Gasteiger partial charge in [-0.1, -0.05) is 0 Å². The van der Waals surface area contributed by atoms with Gasteiger partial charge >= 0.3 is 0 Å². The second kappa shape index (κ2) is 5.72. The number of aldehydes is 1. The number of hydrogen-bond acceptors (Lipinski definition) is 3. The van der Waals surface area contributed by atoms with Crippen LogP contribution in [0.25, 0.3) is 0 Å². The van der Waals surface area contributed by atoms with Gasteiger partial charge in [-0.2, -0.15) is 0 Å². The van der Waals surface area contributed by atoms with Crippen molar-refractivity contribution >= 4 is 6.29 Å². The lowest BCUT2D eigenvalue weighted by Crippen LogP contribution is -2.29. The first-order valence-corrected chi connectivity index (χ1v) is 3.20. The van der Waals surface area contributed by atoms with Gasteiger partial charge in [0.25, 0.3) is 0 Å². The van der Waals surface area contributed by atoms with Crippen LogP contribution in [0.1, 0.15) is 19.3 Å². The predicted molar refractivity (Wildman–Crippen MR) is 36.9 cm³/mol. The Labute approximate surface area is 55.4 Å². The maximum atomic E-state index is 9.80. The van der Waals surface area contributed by atoms with Crippen LogP contribution < -0.4 is 11.5 Å². The summed E-state index contributed by atoms with van der Waals surface area (Å²) < 4.78 is 0. The summed E-state index contributed by atoms with van der Waals surface area (Å²) in [5, 5.41) is 0. The summed E-state index contributed by atoms with van der Waals surface area (Å²) in [6, 6.07) is 0.0740. The first-order valence-electron chi connectivity index (χ1n) is 3.20. The van der Waals surface area contributed by atoms with Gasteiger partial charge < -0.3 is 16.3 Å². The van der Waals surface area contributed by atoms with Crippen molar-refractivity contribution < 1.29 is 4.79 Å². The zero-order chi connectivity index (χ0) is 7.11. The Hall–Kier alpha value is -0.410. The Morgan fingerprint density at radius 2 is 2.22 bits per heavy atom. The van der Waals surface area contributed by atoms with Crippen molar-refractivity contribution in [2.45, 2.75) is 25.3 Å². The molecule has 0 amide bonds. The Morgan fingerprint density at radius 1 is 1.56 bits per heavy atom. The van der Waals surface area contributed by atoms with Crippen LogP contribution in [-0.4, -0.2) is 18.9 Å². The summed E-state index contributed by atoms with van der Waals surface area (Å²) in [5.41, 5.74) is 10.7. The molecule has 4 N–H and O–H groups in total. The molecule has 1 unspecified atom stereocenters. The average Bonchev–Trinajstić information content (AvgIpc) is 1.89. The minimum absolute atomic E-state index is 0.0740. The lowest BCUT2D eigenvalue weighted by atomic mass is 10.1. The van der Waals surface area contributed by atoms with E-state index < -0.39 is 0 Å². The minimum Gasteiger partial charge on any atom is -0.329 e. The normalized spacial score (nSPS) is 13.1. The molecule has 0 rings (SSSR count). The summed E-state index contributed by atoms with van der Waals surface area (Å²) >= 11 is 0. The van der Waals surface area contributed by atoms with Crippen molar-refractivity contribution in [3.05, 3.63) is 0 Å². The van der Waals surface area contributed by atoms with E-state index in [-0.39, 0.29) is 6.04 Å². The van der Waals surface area contributed by atoms with Crippen LogP contribution in [0.5, 0.6) is 0 Å². The highest BCUT2D eigenvalue weighted by molar-refractivity contribution is 5.48. The number of carbonyl (C=O) groups excluding carboxylic acids is 1.